The fourth-order valence-electron chi connectivity index (χ4n) is 3.24. The molecule has 1 nitrogen and oxygen atoms in total. The molecule has 2 unspecified atom stereocenters. The van der Waals surface area contributed by atoms with Crippen molar-refractivity contribution in [2.75, 3.05) is 5.32 Å². The highest BCUT2D eigenvalue weighted by molar-refractivity contribution is 9.10. The van der Waals surface area contributed by atoms with Crippen molar-refractivity contribution in [2.45, 2.75) is 38.6 Å². The third-order valence-electron chi connectivity index (χ3n) is 4.34. The lowest BCUT2D eigenvalue weighted by atomic mass is 10.00. The second-order valence-corrected chi connectivity index (χ2v) is 6.47. The summed E-state index contributed by atoms with van der Waals surface area (Å²) in [6.07, 6.45) is 5.36. The van der Waals surface area contributed by atoms with Gasteiger partial charge in [-0.3, -0.25) is 0 Å². The van der Waals surface area contributed by atoms with Crippen molar-refractivity contribution >= 4 is 32.4 Å². The molecule has 2 atom stereocenters. The van der Waals surface area contributed by atoms with E-state index in [1.54, 1.807) is 0 Å². The van der Waals surface area contributed by atoms with Crippen molar-refractivity contribution in [1.29, 1.82) is 0 Å². The van der Waals surface area contributed by atoms with Crippen molar-refractivity contribution in [3.63, 3.8) is 0 Å². The summed E-state index contributed by atoms with van der Waals surface area (Å²) in [6.45, 7) is 2.31. The molecule has 19 heavy (non-hydrogen) atoms. The molecule has 1 fully saturated rings. The zero-order valence-electron chi connectivity index (χ0n) is 11.3. The lowest BCUT2D eigenvalue weighted by Crippen LogP contribution is -2.23. The summed E-state index contributed by atoms with van der Waals surface area (Å²) in [5.74, 6) is 0.848. The Balaban J connectivity index is 1.83. The largest absolute Gasteiger partial charge is 0.382 e. The molecule has 1 saturated carbocycles. The number of nitrogens with one attached hydrogen (secondary N) is 1. The summed E-state index contributed by atoms with van der Waals surface area (Å²) in [5.41, 5.74) is 1.26. The van der Waals surface area contributed by atoms with Gasteiger partial charge >= 0.3 is 0 Å². The van der Waals surface area contributed by atoms with Crippen LogP contribution in [-0.4, -0.2) is 6.04 Å². The smallest absolute Gasteiger partial charge is 0.0348 e. The van der Waals surface area contributed by atoms with E-state index in [0.29, 0.717) is 6.04 Å². The van der Waals surface area contributed by atoms with Crippen LogP contribution in [0.5, 0.6) is 0 Å². The quantitative estimate of drug-likeness (QED) is 0.777. The zero-order valence-corrected chi connectivity index (χ0v) is 12.9. The summed E-state index contributed by atoms with van der Waals surface area (Å²) >= 11 is 3.52. The number of hydrogen-bond acceptors (Lipinski definition) is 1. The number of benzene rings is 2. The van der Waals surface area contributed by atoms with Gasteiger partial charge in [0.05, 0.1) is 0 Å². The Morgan fingerprint density at radius 3 is 2.74 bits per heavy atom. The lowest BCUT2D eigenvalue weighted by molar-refractivity contribution is 0.489. The van der Waals surface area contributed by atoms with Crippen LogP contribution >= 0.6 is 15.9 Å². The average Bonchev–Trinajstić information content (AvgIpc) is 2.86. The van der Waals surface area contributed by atoms with Crippen molar-refractivity contribution in [2.24, 2.45) is 5.92 Å². The van der Waals surface area contributed by atoms with Gasteiger partial charge in [0, 0.05) is 16.2 Å². The molecule has 1 aliphatic carbocycles. The molecule has 0 radical (unpaired) electrons. The predicted octanol–water partition coefficient (Wildman–Crippen LogP) is 5.59. The van der Waals surface area contributed by atoms with Crippen LogP contribution in [0.4, 0.5) is 5.69 Å². The molecule has 0 amide bonds. The van der Waals surface area contributed by atoms with Crippen LogP contribution in [0.1, 0.15) is 32.6 Å². The Morgan fingerprint density at radius 2 is 1.89 bits per heavy atom. The SMILES string of the molecule is CCC1CCCC1Nc1ccc2cc(Br)ccc2c1. The van der Waals surface area contributed by atoms with Crippen LogP contribution in [0.15, 0.2) is 40.9 Å². The first-order chi connectivity index (χ1) is 9.26. The van der Waals surface area contributed by atoms with Gasteiger partial charge in [0.2, 0.25) is 0 Å². The number of anilines is 1. The summed E-state index contributed by atoms with van der Waals surface area (Å²) in [4.78, 5) is 0. The number of fused-ring (bicyclic) bond motifs is 1. The highest BCUT2D eigenvalue weighted by atomic mass is 79.9. The van der Waals surface area contributed by atoms with E-state index in [9.17, 15) is 0 Å². The van der Waals surface area contributed by atoms with Gasteiger partial charge in [-0.2, -0.15) is 0 Å². The summed E-state index contributed by atoms with van der Waals surface area (Å²) in [5, 5.41) is 6.33. The van der Waals surface area contributed by atoms with Crippen LogP contribution < -0.4 is 5.32 Å². The fraction of sp³-hybridized carbons (Fsp3) is 0.412. The molecule has 0 bridgehead atoms. The van der Waals surface area contributed by atoms with E-state index in [2.05, 4.69) is 64.6 Å². The molecule has 3 rings (SSSR count). The minimum Gasteiger partial charge on any atom is -0.382 e. The molecular weight excluding hydrogens is 298 g/mol. The molecule has 0 aromatic heterocycles. The number of rotatable bonds is 3. The maximum absolute atomic E-state index is 3.74. The van der Waals surface area contributed by atoms with Crippen LogP contribution in [0.25, 0.3) is 10.8 Å². The van der Waals surface area contributed by atoms with Crippen LogP contribution in [-0.2, 0) is 0 Å². The molecule has 2 heteroatoms. The standard InChI is InChI=1S/C17H20BrN/c1-2-12-4-3-5-17(12)19-16-9-7-13-10-15(18)8-6-14(13)11-16/h6-12,17,19H,2-5H2,1H3. The molecular formula is C17H20BrN. The van der Waals surface area contributed by atoms with Gasteiger partial charge in [0.1, 0.15) is 0 Å². The van der Waals surface area contributed by atoms with Gasteiger partial charge in [0.25, 0.3) is 0 Å². The first-order valence-corrected chi connectivity index (χ1v) is 8.01. The zero-order chi connectivity index (χ0) is 13.2. The second kappa shape index (κ2) is 5.54. The lowest BCUT2D eigenvalue weighted by Gasteiger charge is -2.21. The Labute approximate surface area is 123 Å². The first kappa shape index (κ1) is 13.0. The Kier molecular flexibility index (Phi) is 3.79. The molecule has 0 aliphatic heterocycles. The molecule has 2 aromatic carbocycles. The molecule has 0 spiro atoms. The third-order valence-corrected chi connectivity index (χ3v) is 4.83. The molecule has 1 N–H and O–H groups in total. The van der Waals surface area contributed by atoms with Crippen molar-refractivity contribution in [1.82, 2.24) is 0 Å². The van der Waals surface area contributed by atoms with Gasteiger partial charge in [-0.15, -0.1) is 0 Å². The Morgan fingerprint density at radius 1 is 1.11 bits per heavy atom. The van der Waals surface area contributed by atoms with Crippen LogP contribution in [0.3, 0.4) is 0 Å². The molecule has 2 aromatic rings. The Bertz CT molecular complexity index is 578. The van der Waals surface area contributed by atoms with E-state index in [1.165, 1.54) is 42.1 Å². The second-order valence-electron chi connectivity index (χ2n) is 5.56. The molecule has 1 aliphatic rings. The maximum atomic E-state index is 3.74. The molecule has 0 heterocycles. The number of hydrogen-bond donors (Lipinski definition) is 1. The fourth-order valence-corrected chi connectivity index (χ4v) is 3.61. The highest BCUT2D eigenvalue weighted by Crippen LogP contribution is 2.31. The van der Waals surface area contributed by atoms with Crippen molar-refractivity contribution < 1.29 is 0 Å². The van der Waals surface area contributed by atoms with Crippen LogP contribution in [0, 0.1) is 5.92 Å². The normalized spacial score (nSPS) is 22.8. The van der Waals surface area contributed by atoms with Gasteiger partial charge in [-0.25, -0.2) is 0 Å². The van der Waals surface area contributed by atoms with Crippen molar-refractivity contribution in [3.8, 4) is 0 Å². The summed E-state index contributed by atoms with van der Waals surface area (Å²) in [6, 6.07) is 13.8. The van der Waals surface area contributed by atoms with Gasteiger partial charge in [-0.05, 0) is 53.8 Å². The van der Waals surface area contributed by atoms with E-state index in [-0.39, 0.29) is 0 Å². The minimum atomic E-state index is 0.665. The predicted molar refractivity (Wildman–Crippen MR) is 86.7 cm³/mol. The summed E-state index contributed by atoms with van der Waals surface area (Å²) < 4.78 is 1.14. The van der Waals surface area contributed by atoms with E-state index >= 15 is 0 Å². The average molecular weight is 318 g/mol. The monoisotopic (exact) mass is 317 g/mol. The minimum absolute atomic E-state index is 0.665. The topological polar surface area (TPSA) is 12.0 Å². The van der Waals surface area contributed by atoms with Gasteiger partial charge in [0.15, 0.2) is 0 Å². The van der Waals surface area contributed by atoms with E-state index in [0.717, 1.165) is 10.4 Å². The summed E-state index contributed by atoms with van der Waals surface area (Å²) in [7, 11) is 0. The molecule has 0 saturated heterocycles. The van der Waals surface area contributed by atoms with E-state index < -0.39 is 0 Å². The van der Waals surface area contributed by atoms with E-state index in [1.807, 2.05) is 0 Å². The molecule has 100 valence electrons. The Hall–Kier alpha value is -1.02. The van der Waals surface area contributed by atoms with Gasteiger partial charge in [-0.1, -0.05) is 47.8 Å². The maximum Gasteiger partial charge on any atom is 0.0348 e. The van der Waals surface area contributed by atoms with Gasteiger partial charge < -0.3 is 5.32 Å². The number of halogens is 1. The third kappa shape index (κ3) is 2.79. The van der Waals surface area contributed by atoms with E-state index in [4.69, 9.17) is 0 Å². The first-order valence-electron chi connectivity index (χ1n) is 7.22. The van der Waals surface area contributed by atoms with Crippen molar-refractivity contribution in [3.05, 3.63) is 40.9 Å². The highest BCUT2D eigenvalue weighted by Gasteiger charge is 2.25. The van der Waals surface area contributed by atoms with Crippen LogP contribution in [0.2, 0.25) is 0 Å².